The van der Waals surface area contributed by atoms with Crippen LogP contribution in [0.5, 0.6) is 11.5 Å². The number of ether oxygens (including phenoxy) is 4. The molecule has 2 N–H and O–H groups in total. The third-order valence-electron chi connectivity index (χ3n) is 11.3. The van der Waals surface area contributed by atoms with E-state index < -0.39 is 58.9 Å². The fourth-order valence-electron chi connectivity index (χ4n) is 8.17. The van der Waals surface area contributed by atoms with Gasteiger partial charge in [0.25, 0.3) is 0 Å². The fraction of sp³-hybridized carbons (Fsp3) is 0.217. The molecule has 0 saturated carbocycles. The summed E-state index contributed by atoms with van der Waals surface area (Å²) < 4.78 is 103. The highest BCUT2D eigenvalue weighted by molar-refractivity contribution is 5.95. The monoisotopic (exact) mass is 970 g/mol. The SMILES string of the molecule is COC(=O)C1=C(C)N(c2cccc(C(F)(F)F)c2)c2n[nH]c(=O)n2[C@@H]1c1ccc(C#N)cc1OC.COC(=O)C1=C(C)N(c2cccc(C(F)(F)F)c2)c2n[nH]c(=O)n2[C@H]1c1ccc(C#N)cc1OC. The van der Waals surface area contributed by atoms with E-state index in [2.05, 4.69) is 20.4 Å². The molecule has 0 spiro atoms. The number of nitrogens with one attached hydrogen (secondary N) is 2. The Labute approximate surface area is 391 Å². The van der Waals surface area contributed by atoms with Gasteiger partial charge in [0.2, 0.25) is 11.9 Å². The topological polar surface area (TPSA) is 226 Å². The summed E-state index contributed by atoms with van der Waals surface area (Å²) in [4.78, 5) is 54.4. The van der Waals surface area contributed by atoms with Crippen molar-refractivity contribution in [3.63, 3.8) is 0 Å². The van der Waals surface area contributed by atoms with Crippen molar-refractivity contribution in [2.45, 2.75) is 38.3 Å². The second-order valence-electron chi connectivity index (χ2n) is 15.1. The summed E-state index contributed by atoms with van der Waals surface area (Å²) >= 11 is 0. The average Bonchev–Trinajstić information content (AvgIpc) is 3.92. The predicted molar refractivity (Wildman–Crippen MR) is 234 cm³/mol. The maximum absolute atomic E-state index is 13.4. The molecule has 0 amide bonds. The van der Waals surface area contributed by atoms with Crippen LogP contribution < -0.4 is 30.7 Å². The van der Waals surface area contributed by atoms with Gasteiger partial charge in [-0.3, -0.25) is 9.80 Å². The molecule has 2 aromatic heterocycles. The summed E-state index contributed by atoms with van der Waals surface area (Å²) in [5.41, 5.74) is -1.60. The van der Waals surface area contributed by atoms with Gasteiger partial charge in [-0.1, -0.05) is 24.3 Å². The summed E-state index contributed by atoms with van der Waals surface area (Å²) in [6.07, 6.45) is -9.23. The Morgan fingerprint density at radius 1 is 0.600 bits per heavy atom. The van der Waals surface area contributed by atoms with Crippen molar-refractivity contribution < 1.29 is 54.9 Å². The van der Waals surface area contributed by atoms with Crippen LogP contribution in [0.15, 0.2) is 117 Å². The van der Waals surface area contributed by atoms with Crippen LogP contribution in [0.4, 0.5) is 49.6 Å². The second kappa shape index (κ2) is 18.9. The quantitative estimate of drug-likeness (QED) is 0.113. The van der Waals surface area contributed by atoms with Crippen LogP contribution in [-0.2, 0) is 31.4 Å². The van der Waals surface area contributed by atoms with Crippen LogP contribution in [0.25, 0.3) is 0 Å². The number of aromatic amines is 2. The van der Waals surface area contributed by atoms with Crippen LogP contribution >= 0.6 is 0 Å². The van der Waals surface area contributed by atoms with Gasteiger partial charge in [-0.25, -0.2) is 38.5 Å². The molecule has 0 saturated heterocycles. The number of methoxy groups -OCH3 is 4. The minimum Gasteiger partial charge on any atom is -0.496 e. The van der Waals surface area contributed by atoms with Crippen molar-refractivity contribution in [2.75, 3.05) is 38.2 Å². The number of esters is 2. The van der Waals surface area contributed by atoms with E-state index in [1.165, 1.54) is 98.5 Å². The smallest absolute Gasteiger partial charge is 0.416 e. The third-order valence-corrected chi connectivity index (χ3v) is 11.3. The van der Waals surface area contributed by atoms with E-state index in [1.54, 1.807) is 0 Å². The summed E-state index contributed by atoms with van der Waals surface area (Å²) in [6, 6.07) is 19.6. The molecule has 2 aliphatic rings. The first-order valence-corrected chi connectivity index (χ1v) is 20.3. The molecule has 8 rings (SSSR count). The first-order chi connectivity index (χ1) is 33.2. The number of alkyl halides is 6. The summed E-state index contributed by atoms with van der Waals surface area (Å²) in [5, 5.41) is 31.2. The number of nitriles is 2. The van der Waals surface area contributed by atoms with Crippen molar-refractivity contribution in [3.05, 3.63) is 162 Å². The van der Waals surface area contributed by atoms with Gasteiger partial charge in [-0.05, 0) is 74.5 Å². The Hall–Kier alpha value is -9.06. The molecule has 0 bridgehead atoms. The van der Waals surface area contributed by atoms with Crippen LogP contribution in [0.1, 0.15) is 59.3 Å². The lowest BCUT2D eigenvalue weighted by Crippen LogP contribution is -2.37. The van der Waals surface area contributed by atoms with E-state index in [0.717, 1.165) is 47.6 Å². The maximum Gasteiger partial charge on any atom is 0.416 e. The zero-order chi connectivity index (χ0) is 51.0. The number of carbonyl (C=O) groups excluding carboxylic acids is 2. The minimum absolute atomic E-state index is 0.0241. The number of halogens is 6. The Balaban J connectivity index is 0.000000206. The van der Waals surface area contributed by atoms with E-state index in [4.69, 9.17) is 18.9 Å². The van der Waals surface area contributed by atoms with Crippen LogP contribution in [0, 0.1) is 22.7 Å². The number of fused-ring (bicyclic) bond motifs is 2. The summed E-state index contributed by atoms with van der Waals surface area (Å²) in [7, 11) is 5.03. The highest BCUT2D eigenvalue weighted by Gasteiger charge is 2.43. The van der Waals surface area contributed by atoms with Gasteiger partial charge in [0.1, 0.15) is 23.6 Å². The molecular formula is C46H36F6N10O8. The fourth-order valence-corrected chi connectivity index (χ4v) is 8.17. The van der Waals surface area contributed by atoms with E-state index in [9.17, 15) is 56.0 Å². The number of nitrogens with zero attached hydrogens (tertiary/aromatic N) is 8. The summed E-state index contributed by atoms with van der Waals surface area (Å²) in [6.45, 7) is 3.02. The van der Waals surface area contributed by atoms with E-state index in [1.807, 2.05) is 12.1 Å². The highest BCUT2D eigenvalue weighted by Crippen LogP contribution is 2.47. The molecule has 2 atom stereocenters. The number of carbonyl (C=O) groups is 2. The van der Waals surface area contributed by atoms with E-state index in [0.29, 0.717) is 11.1 Å². The van der Waals surface area contributed by atoms with E-state index in [-0.39, 0.29) is 68.4 Å². The zero-order valence-electron chi connectivity index (χ0n) is 37.3. The van der Waals surface area contributed by atoms with Gasteiger partial charge >= 0.3 is 35.7 Å². The molecule has 0 radical (unpaired) electrons. The molecule has 6 aromatic rings. The molecule has 4 aromatic carbocycles. The minimum atomic E-state index is -4.61. The van der Waals surface area contributed by atoms with Crippen molar-refractivity contribution in [3.8, 4) is 23.6 Å². The zero-order valence-corrected chi connectivity index (χ0v) is 37.3. The average molecular weight is 971 g/mol. The number of hydrogen-bond acceptors (Lipinski definition) is 14. The number of benzene rings is 4. The van der Waals surface area contributed by atoms with Crippen molar-refractivity contribution in [1.82, 2.24) is 29.5 Å². The van der Waals surface area contributed by atoms with Gasteiger partial charge in [0.05, 0.1) is 74.0 Å². The Bertz CT molecular complexity index is 3120. The Morgan fingerprint density at radius 3 is 1.29 bits per heavy atom. The van der Waals surface area contributed by atoms with Gasteiger partial charge in [0, 0.05) is 33.9 Å². The number of rotatable bonds is 8. The maximum atomic E-state index is 13.4. The third kappa shape index (κ3) is 8.68. The molecule has 0 fully saturated rings. The molecule has 4 heterocycles. The van der Waals surface area contributed by atoms with Crippen LogP contribution in [0.3, 0.4) is 0 Å². The molecule has 24 heteroatoms. The lowest BCUT2D eigenvalue weighted by molar-refractivity contribution is -0.138. The number of H-pyrrole nitrogens is 2. The first-order valence-electron chi connectivity index (χ1n) is 20.3. The number of hydrogen-bond donors (Lipinski definition) is 2. The molecule has 70 heavy (non-hydrogen) atoms. The second-order valence-corrected chi connectivity index (χ2v) is 15.1. The van der Waals surface area contributed by atoms with Crippen LogP contribution in [0.2, 0.25) is 0 Å². The van der Waals surface area contributed by atoms with Crippen LogP contribution in [-0.4, -0.2) is 69.9 Å². The van der Waals surface area contributed by atoms with Gasteiger partial charge in [-0.2, -0.15) is 36.9 Å². The van der Waals surface area contributed by atoms with Crippen molar-refractivity contribution in [1.29, 1.82) is 10.5 Å². The molecule has 0 aliphatic carbocycles. The first kappa shape index (κ1) is 48.9. The molecular weight excluding hydrogens is 935 g/mol. The van der Waals surface area contributed by atoms with Crippen molar-refractivity contribution >= 4 is 35.2 Å². The Kier molecular flexibility index (Phi) is 13.2. The number of allylic oxidation sites excluding steroid dienone is 2. The van der Waals surface area contributed by atoms with Gasteiger partial charge < -0.3 is 18.9 Å². The number of aromatic nitrogens is 6. The molecule has 2 aliphatic heterocycles. The summed E-state index contributed by atoms with van der Waals surface area (Å²) in [5.74, 6) is -1.28. The normalized spacial score (nSPS) is 15.5. The largest absolute Gasteiger partial charge is 0.496 e. The lowest BCUT2D eigenvalue weighted by atomic mass is 9.93. The van der Waals surface area contributed by atoms with Gasteiger partial charge in [0.15, 0.2) is 0 Å². The standard InChI is InChI=1S/2C23H18F3N5O4/c2*1-12-18(20(32)35-3)19(16-8-7-13(11-27)9-17(16)34-2)31-21(28-29-22(31)33)30(12)15-6-4-5-14(10-15)23(24,25)26/h2*4-10,19H,1-3H3,(H,29,33)/t2*19-/m10/s1. The molecule has 0 unspecified atom stereocenters. The Morgan fingerprint density at radius 2 is 0.971 bits per heavy atom. The number of anilines is 4. The molecule has 360 valence electrons. The highest BCUT2D eigenvalue weighted by atomic mass is 19.4. The predicted octanol–water partition coefficient (Wildman–Crippen LogP) is 7.32. The lowest BCUT2D eigenvalue weighted by Gasteiger charge is -2.35. The van der Waals surface area contributed by atoms with Gasteiger partial charge in [-0.15, -0.1) is 10.2 Å². The van der Waals surface area contributed by atoms with E-state index >= 15 is 0 Å². The van der Waals surface area contributed by atoms with Crippen molar-refractivity contribution in [2.24, 2.45) is 0 Å². The molecule has 18 nitrogen and oxygen atoms in total.